The van der Waals surface area contributed by atoms with Gasteiger partial charge < -0.3 is 15.4 Å². The Morgan fingerprint density at radius 2 is 1.46 bits per heavy atom. The number of carbonyl (C=O) groups is 3. The zero-order valence-corrected chi connectivity index (χ0v) is 23.6. The molecule has 3 aromatic carbocycles. The van der Waals surface area contributed by atoms with Crippen molar-refractivity contribution in [2.24, 2.45) is 0 Å². The number of aryl methyl sites for hydroxylation is 1. The van der Waals surface area contributed by atoms with Gasteiger partial charge in [-0.05, 0) is 72.9 Å². The summed E-state index contributed by atoms with van der Waals surface area (Å²) in [6.45, 7) is 10.5. The van der Waals surface area contributed by atoms with Crippen LogP contribution in [0.15, 0.2) is 71.6 Å². The van der Waals surface area contributed by atoms with Crippen LogP contribution in [0.2, 0.25) is 0 Å². The molecule has 0 aromatic heterocycles. The summed E-state index contributed by atoms with van der Waals surface area (Å²) in [6.07, 6.45) is -1.18. The Hall–Kier alpha value is -4.18. The summed E-state index contributed by atoms with van der Waals surface area (Å²) in [5.41, 5.74) is 2.16. The van der Waals surface area contributed by atoms with Crippen LogP contribution in [0, 0.1) is 6.92 Å². The van der Waals surface area contributed by atoms with E-state index >= 15 is 0 Å². The van der Waals surface area contributed by atoms with E-state index in [2.05, 4.69) is 15.4 Å². The Bertz CT molecular complexity index is 1490. The number of para-hydroxylation sites is 1. The number of rotatable bonds is 8. The van der Waals surface area contributed by atoms with E-state index in [1.165, 1.54) is 26.0 Å². The molecule has 0 spiro atoms. The van der Waals surface area contributed by atoms with Crippen LogP contribution in [0.4, 0.5) is 17.1 Å². The Kier molecular flexibility index (Phi) is 8.81. The molecule has 2 amide bonds. The fraction of sp³-hybridized carbons (Fsp3) is 0.276. The van der Waals surface area contributed by atoms with E-state index in [0.717, 1.165) is 5.56 Å². The lowest BCUT2D eigenvalue weighted by atomic mass is 9.87. The predicted molar refractivity (Wildman–Crippen MR) is 151 cm³/mol. The molecule has 0 bridgehead atoms. The standard InChI is InChI=1S/C29H33N3O6S/c1-18-11-12-21(29(4,5)6)17-26(18)39(36,37)32-25-10-8-7-9-24(25)28(35)38-19(2)27(34)31-23-15-13-22(14-16-23)30-20(3)33/h7-17,19,32H,1-6H3,(H,30,33)(H,31,34). The molecule has 206 valence electrons. The third kappa shape index (κ3) is 7.67. The van der Waals surface area contributed by atoms with Crippen molar-refractivity contribution in [2.75, 3.05) is 15.4 Å². The zero-order chi connectivity index (χ0) is 29.0. The summed E-state index contributed by atoms with van der Waals surface area (Å²) in [5.74, 6) is -1.66. The van der Waals surface area contributed by atoms with Crippen molar-refractivity contribution in [3.8, 4) is 0 Å². The van der Waals surface area contributed by atoms with Crippen LogP contribution < -0.4 is 15.4 Å². The molecule has 0 radical (unpaired) electrons. The molecule has 9 nitrogen and oxygen atoms in total. The maximum atomic E-state index is 13.3. The van der Waals surface area contributed by atoms with Gasteiger partial charge in [0, 0.05) is 18.3 Å². The van der Waals surface area contributed by atoms with E-state index in [4.69, 9.17) is 4.74 Å². The number of ether oxygens (including phenoxy) is 1. The van der Waals surface area contributed by atoms with Crippen molar-refractivity contribution in [2.45, 2.75) is 58.0 Å². The molecule has 3 aromatic rings. The van der Waals surface area contributed by atoms with Gasteiger partial charge in [-0.3, -0.25) is 14.3 Å². The molecule has 1 atom stereocenters. The van der Waals surface area contributed by atoms with Crippen LogP contribution in [0.3, 0.4) is 0 Å². The average molecular weight is 552 g/mol. The largest absolute Gasteiger partial charge is 0.449 e. The van der Waals surface area contributed by atoms with E-state index < -0.39 is 28.0 Å². The quantitative estimate of drug-likeness (QED) is 0.329. The molecule has 0 heterocycles. The van der Waals surface area contributed by atoms with Crippen molar-refractivity contribution in [1.82, 2.24) is 0 Å². The first-order chi connectivity index (χ1) is 18.2. The lowest BCUT2D eigenvalue weighted by Gasteiger charge is -2.21. The lowest BCUT2D eigenvalue weighted by molar-refractivity contribution is -0.123. The first kappa shape index (κ1) is 29.4. The summed E-state index contributed by atoms with van der Waals surface area (Å²) in [5, 5.41) is 5.26. The van der Waals surface area contributed by atoms with E-state index in [1.54, 1.807) is 55.5 Å². The molecule has 10 heteroatoms. The van der Waals surface area contributed by atoms with Gasteiger partial charge in [-0.25, -0.2) is 13.2 Å². The maximum absolute atomic E-state index is 13.3. The zero-order valence-electron chi connectivity index (χ0n) is 22.8. The molecular weight excluding hydrogens is 518 g/mol. The summed E-state index contributed by atoms with van der Waals surface area (Å²) in [7, 11) is -4.04. The number of sulfonamides is 1. The Morgan fingerprint density at radius 3 is 2.05 bits per heavy atom. The van der Waals surface area contributed by atoms with Gasteiger partial charge in [0.1, 0.15) is 0 Å². The third-order valence-electron chi connectivity index (χ3n) is 5.86. The van der Waals surface area contributed by atoms with E-state index in [-0.39, 0.29) is 27.5 Å². The van der Waals surface area contributed by atoms with Crippen LogP contribution in [0.5, 0.6) is 0 Å². The monoisotopic (exact) mass is 551 g/mol. The van der Waals surface area contributed by atoms with Gasteiger partial charge in [-0.15, -0.1) is 0 Å². The molecule has 0 aliphatic carbocycles. The Labute approximate surface area is 229 Å². The Balaban J connectivity index is 1.75. The van der Waals surface area contributed by atoms with E-state index in [0.29, 0.717) is 16.9 Å². The second kappa shape index (κ2) is 11.7. The molecule has 39 heavy (non-hydrogen) atoms. The molecule has 3 rings (SSSR count). The number of benzene rings is 3. The lowest BCUT2D eigenvalue weighted by Crippen LogP contribution is -2.30. The van der Waals surface area contributed by atoms with Crippen molar-refractivity contribution >= 4 is 44.9 Å². The van der Waals surface area contributed by atoms with Gasteiger partial charge in [-0.2, -0.15) is 0 Å². The molecule has 0 saturated carbocycles. The number of anilines is 3. The van der Waals surface area contributed by atoms with Gasteiger partial charge >= 0.3 is 5.97 Å². The van der Waals surface area contributed by atoms with Crippen molar-refractivity contribution in [1.29, 1.82) is 0 Å². The third-order valence-corrected chi connectivity index (χ3v) is 7.37. The smallest absolute Gasteiger partial charge is 0.341 e. The fourth-order valence-electron chi connectivity index (χ4n) is 3.67. The average Bonchev–Trinajstić information content (AvgIpc) is 2.84. The van der Waals surface area contributed by atoms with Crippen LogP contribution in [-0.4, -0.2) is 32.3 Å². The highest BCUT2D eigenvalue weighted by molar-refractivity contribution is 7.92. The van der Waals surface area contributed by atoms with E-state index in [1.807, 2.05) is 26.8 Å². The van der Waals surface area contributed by atoms with Crippen molar-refractivity contribution in [3.63, 3.8) is 0 Å². The summed E-state index contributed by atoms with van der Waals surface area (Å²) >= 11 is 0. The summed E-state index contributed by atoms with van der Waals surface area (Å²) < 4.78 is 34.5. The predicted octanol–water partition coefficient (Wildman–Crippen LogP) is 5.24. The highest BCUT2D eigenvalue weighted by Crippen LogP contribution is 2.29. The van der Waals surface area contributed by atoms with E-state index in [9.17, 15) is 22.8 Å². The van der Waals surface area contributed by atoms with Gasteiger partial charge in [0.15, 0.2) is 6.10 Å². The second-order valence-electron chi connectivity index (χ2n) is 10.2. The summed E-state index contributed by atoms with van der Waals surface area (Å²) in [6, 6.07) is 17.7. The first-order valence-corrected chi connectivity index (χ1v) is 13.8. The normalized spacial score (nSPS) is 12.3. The van der Waals surface area contributed by atoms with Crippen LogP contribution in [0.1, 0.15) is 56.1 Å². The minimum atomic E-state index is -4.04. The Morgan fingerprint density at radius 1 is 0.872 bits per heavy atom. The minimum Gasteiger partial charge on any atom is -0.449 e. The number of esters is 1. The fourth-order valence-corrected chi connectivity index (χ4v) is 5.02. The highest BCUT2D eigenvalue weighted by atomic mass is 32.2. The highest BCUT2D eigenvalue weighted by Gasteiger charge is 2.25. The molecule has 0 aliphatic heterocycles. The molecule has 1 unspecified atom stereocenters. The minimum absolute atomic E-state index is 0.0317. The maximum Gasteiger partial charge on any atom is 0.341 e. The van der Waals surface area contributed by atoms with Crippen molar-refractivity contribution < 1.29 is 27.5 Å². The topological polar surface area (TPSA) is 131 Å². The summed E-state index contributed by atoms with van der Waals surface area (Å²) in [4.78, 5) is 36.9. The molecule has 0 saturated heterocycles. The number of nitrogens with one attached hydrogen (secondary N) is 3. The SMILES string of the molecule is CC(=O)Nc1ccc(NC(=O)C(C)OC(=O)c2ccccc2NS(=O)(=O)c2cc(C(C)(C)C)ccc2C)cc1. The first-order valence-electron chi connectivity index (χ1n) is 12.3. The second-order valence-corrected chi connectivity index (χ2v) is 11.8. The molecule has 0 aliphatic rings. The van der Waals surface area contributed by atoms with Gasteiger partial charge in [0.05, 0.1) is 16.1 Å². The molecular formula is C29H33N3O6S. The van der Waals surface area contributed by atoms with Crippen LogP contribution in [0.25, 0.3) is 0 Å². The van der Waals surface area contributed by atoms with Gasteiger partial charge in [-0.1, -0.05) is 45.0 Å². The van der Waals surface area contributed by atoms with Crippen LogP contribution in [-0.2, 0) is 29.8 Å². The number of amides is 2. The molecule has 0 fully saturated rings. The van der Waals surface area contributed by atoms with Crippen molar-refractivity contribution in [3.05, 3.63) is 83.4 Å². The number of hydrogen-bond acceptors (Lipinski definition) is 6. The molecule has 3 N–H and O–H groups in total. The number of carbonyl (C=O) groups excluding carboxylic acids is 3. The van der Waals surface area contributed by atoms with Crippen LogP contribution >= 0.6 is 0 Å². The number of hydrogen-bond donors (Lipinski definition) is 3. The van der Waals surface area contributed by atoms with Gasteiger partial charge in [0.2, 0.25) is 5.91 Å². The van der Waals surface area contributed by atoms with Gasteiger partial charge in [0.25, 0.3) is 15.9 Å².